The molecule has 0 spiro atoms. The minimum atomic E-state index is 0.312. The van der Waals surface area contributed by atoms with Crippen LogP contribution in [0.2, 0.25) is 0 Å². The summed E-state index contributed by atoms with van der Waals surface area (Å²) in [6.07, 6.45) is 4.28. The highest BCUT2D eigenvalue weighted by molar-refractivity contribution is 5.37. The molecule has 208 valence electrons. The summed E-state index contributed by atoms with van der Waals surface area (Å²) in [7, 11) is 0. The number of ether oxygens (including phenoxy) is 3. The predicted octanol–water partition coefficient (Wildman–Crippen LogP) is 9.51. The van der Waals surface area contributed by atoms with E-state index in [9.17, 15) is 0 Å². The Bertz CT molecular complexity index is 799. The summed E-state index contributed by atoms with van der Waals surface area (Å²) in [5.74, 6) is 5.09. The van der Waals surface area contributed by atoms with Gasteiger partial charge in [-0.1, -0.05) is 91.8 Å². The summed E-state index contributed by atoms with van der Waals surface area (Å²) in [6.45, 7) is 21.1. The lowest BCUT2D eigenvalue weighted by molar-refractivity contribution is 0.0950. The van der Waals surface area contributed by atoms with Gasteiger partial charge in [0.2, 0.25) is 0 Å². The third-order valence-electron chi connectivity index (χ3n) is 6.77. The zero-order valence-corrected chi connectivity index (χ0v) is 25.0. The highest BCUT2D eigenvalue weighted by atomic mass is 16.5. The Labute approximate surface area is 228 Å². The van der Waals surface area contributed by atoms with E-state index < -0.39 is 0 Å². The van der Waals surface area contributed by atoms with E-state index in [1.807, 2.05) is 0 Å². The summed E-state index contributed by atoms with van der Waals surface area (Å²) >= 11 is 0. The van der Waals surface area contributed by atoms with E-state index in [2.05, 4.69) is 104 Å². The molecule has 2 rings (SSSR count). The van der Waals surface area contributed by atoms with Crippen LogP contribution in [0.5, 0.6) is 11.5 Å². The molecular formula is C34H54O3. The van der Waals surface area contributed by atoms with Crippen LogP contribution < -0.4 is 9.47 Å². The Kier molecular flexibility index (Phi) is 14.1. The van der Waals surface area contributed by atoms with Gasteiger partial charge in [-0.05, 0) is 72.6 Å². The van der Waals surface area contributed by atoms with E-state index in [-0.39, 0.29) is 0 Å². The zero-order chi connectivity index (χ0) is 27.2. The molecule has 0 aliphatic rings. The van der Waals surface area contributed by atoms with Gasteiger partial charge in [-0.25, -0.2) is 0 Å². The van der Waals surface area contributed by atoms with Gasteiger partial charge >= 0.3 is 0 Å². The van der Waals surface area contributed by atoms with Crippen molar-refractivity contribution in [1.82, 2.24) is 0 Å². The van der Waals surface area contributed by atoms with E-state index >= 15 is 0 Å². The first kappa shape index (κ1) is 31.2. The van der Waals surface area contributed by atoms with Crippen molar-refractivity contribution in [3.63, 3.8) is 0 Å². The Morgan fingerprint density at radius 3 is 1.24 bits per heavy atom. The van der Waals surface area contributed by atoms with Crippen molar-refractivity contribution in [2.45, 2.75) is 92.9 Å². The van der Waals surface area contributed by atoms with Crippen molar-refractivity contribution < 1.29 is 14.2 Å². The third-order valence-corrected chi connectivity index (χ3v) is 6.77. The van der Waals surface area contributed by atoms with Crippen molar-refractivity contribution in [2.24, 2.45) is 23.7 Å². The predicted molar refractivity (Wildman–Crippen MR) is 158 cm³/mol. The summed E-state index contributed by atoms with van der Waals surface area (Å²) in [4.78, 5) is 0. The van der Waals surface area contributed by atoms with E-state index in [4.69, 9.17) is 14.2 Å². The fourth-order valence-corrected chi connectivity index (χ4v) is 4.77. The van der Waals surface area contributed by atoms with Crippen molar-refractivity contribution in [1.29, 1.82) is 0 Å². The van der Waals surface area contributed by atoms with Crippen LogP contribution in [0.3, 0.4) is 0 Å². The smallest absolute Gasteiger partial charge is 0.122 e. The maximum atomic E-state index is 6.55. The SMILES string of the molecule is CC(C)CCOc1ccccc1C(COCC(CC(C)C)c1ccccc1OCCC(C)C)CC(C)C. The molecule has 3 nitrogen and oxygen atoms in total. The normalized spacial score (nSPS) is 13.5. The number of hydrogen-bond donors (Lipinski definition) is 0. The van der Waals surface area contributed by atoms with Gasteiger partial charge in [0.15, 0.2) is 0 Å². The summed E-state index contributed by atoms with van der Waals surface area (Å²) < 4.78 is 19.1. The van der Waals surface area contributed by atoms with Crippen molar-refractivity contribution in [2.75, 3.05) is 26.4 Å². The second-order valence-electron chi connectivity index (χ2n) is 12.3. The Morgan fingerprint density at radius 1 is 0.514 bits per heavy atom. The summed E-state index contributed by atoms with van der Waals surface area (Å²) in [5, 5.41) is 0. The Morgan fingerprint density at radius 2 is 0.892 bits per heavy atom. The minimum absolute atomic E-state index is 0.312. The molecule has 0 fully saturated rings. The molecule has 0 radical (unpaired) electrons. The van der Waals surface area contributed by atoms with Gasteiger partial charge in [0, 0.05) is 11.8 Å². The quantitative estimate of drug-likeness (QED) is 0.200. The van der Waals surface area contributed by atoms with Crippen LogP contribution >= 0.6 is 0 Å². The van der Waals surface area contributed by atoms with Crippen LogP contribution in [-0.2, 0) is 4.74 Å². The molecule has 0 aromatic heterocycles. The first-order valence-corrected chi connectivity index (χ1v) is 14.7. The second-order valence-corrected chi connectivity index (χ2v) is 12.3. The molecule has 0 bridgehead atoms. The van der Waals surface area contributed by atoms with Gasteiger partial charge in [0.05, 0.1) is 26.4 Å². The van der Waals surface area contributed by atoms with Gasteiger partial charge in [-0.3, -0.25) is 0 Å². The molecule has 2 aromatic carbocycles. The van der Waals surface area contributed by atoms with E-state index in [1.165, 1.54) is 11.1 Å². The number of rotatable bonds is 18. The fraction of sp³-hybridized carbons (Fsp3) is 0.647. The molecule has 0 heterocycles. The van der Waals surface area contributed by atoms with Gasteiger partial charge in [0.1, 0.15) is 11.5 Å². The van der Waals surface area contributed by atoms with Gasteiger partial charge < -0.3 is 14.2 Å². The molecule has 3 heteroatoms. The van der Waals surface area contributed by atoms with E-state index in [0.717, 1.165) is 50.4 Å². The van der Waals surface area contributed by atoms with E-state index in [1.54, 1.807) is 0 Å². The van der Waals surface area contributed by atoms with Crippen LogP contribution in [0.4, 0.5) is 0 Å². The average Bonchev–Trinajstić information content (AvgIpc) is 2.82. The molecule has 2 unspecified atom stereocenters. The molecule has 2 aromatic rings. The van der Waals surface area contributed by atoms with Crippen LogP contribution in [0, 0.1) is 23.7 Å². The monoisotopic (exact) mass is 510 g/mol. The number of para-hydroxylation sites is 2. The van der Waals surface area contributed by atoms with Gasteiger partial charge in [0.25, 0.3) is 0 Å². The maximum absolute atomic E-state index is 6.55. The molecule has 0 saturated carbocycles. The van der Waals surface area contributed by atoms with Crippen molar-refractivity contribution >= 4 is 0 Å². The van der Waals surface area contributed by atoms with Gasteiger partial charge in [-0.2, -0.15) is 0 Å². The van der Waals surface area contributed by atoms with Crippen molar-refractivity contribution in [3.8, 4) is 11.5 Å². The molecule has 0 aliphatic carbocycles. The molecule has 0 aliphatic heterocycles. The lowest BCUT2D eigenvalue weighted by atomic mass is 9.89. The lowest BCUT2D eigenvalue weighted by Gasteiger charge is -2.26. The number of hydrogen-bond acceptors (Lipinski definition) is 3. The second kappa shape index (κ2) is 16.8. The molecule has 0 saturated heterocycles. The average molecular weight is 511 g/mol. The molecule has 0 amide bonds. The van der Waals surface area contributed by atoms with Crippen LogP contribution in [0.1, 0.15) is 104 Å². The van der Waals surface area contributed by atoms with Crippen molar-refractivity contribution in [3.05, 3.63) is 59.7 Å². The fourth-order valence-electron chi connectivity index (χ4n) is 4.77. The van der Waals surface area contributed by atoms with Crippen LogP contribution in [0.25, 0.3) is 0 Å². The van der Waals surface area contributed by atoms with Crippen LogP contribution in [-0.4, -0.2) is 26.4 Å². The lowest BCUT2D eigenvalue weighted by Crippen LogP contribution is -2.17. The Hall–Kier alpha value is -2.00. The highest BCUT2D eigenvalue weighted by Gasteiger charge is 2.22. The topological polar surface area (TPSA) is 27.7 Å². The maximum Gasteiger partial charge on any atom is 0.122 e. The zero-order valence-electron chi connectivity index (χ0n) is 25.0. The minimum Gasteiger partial charge on any atom is -0.493 e. The Balaban J connectivity index is 2.14. The number of benzene rings is 2. The largest absolute Gasteiger partial charge is 0.493 e. The molecular weight excluding hydrogens is 456 g/mol. The molecule has 37 heavy (non-hydrogen) atoms. The highest BCUT2D eigenvalue weighted by Crippen LogP contribution is 2.35. The first-order valence-electron chi connectivity index (χ1n) is 14.7. The standard InChI is InChI=1S/C34H54O3/c1-25(2)17-19-36-33-15-11-9-13-31(33)29(21-27(5)6)23-35-24-30(22-28(7)8)32-14-10-12-16-34(32)37-20-18-26(3)4/h9-16,25-30H,17-24H2,1-8H3. The third kappa shape index (κ3) is 11.9. The van der Waals surface area contributed by atoms with Crippen LogP contribution in [0.15, 0.2) is 48.5 Å². The summed E-state index contributed by atoms with van der Waals surface area (Å²) in [5.41, 5.74) is 2.55. The van der Waals surface area contributed by atoms with Gasteiger partial charge in [-0.15, -0.1) is 0 Å². The molecule has 0 N–H and O–H groups in total. The molecule has 2 atom stereocenters. The summed E-state index contributed by atoms with van der Waals surface area (Å²) in [6, 6.07) is 17.1. The first-order chi connectivity index (χ1) is 17.7. The van der Waals surface area contributed by atoms with E-state index in [0.29, 0.717) is 48.7 Å².